The van der Waals surface area contributed by atoms with Crippen molar-refractivity contribution in [3.63, 3.8) is 0 Å². The van der Waals surface area contributed by atoms with E-state index in [4.69, 9.17) is 0 Å². The quantitative estimate of drug-likeness (QED) is 0.107. The van der Waals surface area contributed by atoms with E-state index in [1.54, 1.807) is 0 Å². The monoisotopic (exact) mass is 818 g/mol. The van der Waals surface area contributed by atoms with Crippen LogP contribution in [0.25, 0.3) is 77.2 Å². The zero-order valence-electron chi connectivity index (χ0n) is 34.6. The Morgan fingerprint density at radius 2 is 0.714 bits per heavy atom. The molecule has 3 heteroatoms. The van der Waals surface area contributed by atoms with Crippen molar-refractivity contribution in [2.45, 2.75) is 0 Å². The first kappa shape index (κ1) is 36.8. The van der Waals surface area contributed by atoms with Gasteiger partial charge in [0.15, 0.2) is 8.07 Å². The van der Waals surface area contributed by atoms with E-state index in [1.807, 2.05) is 0 Å². The SMILES string of the molecule is c1ccc(-c2ccc3c(c2)c2cc(-c4cccc5c6ccccc6n(-c6ccccc6)c45)ccc2n3-c2cccc([Si](c3ccccc3)(c3ccccc3)c3ccccc3)c2)cc1. The summed E-state index contributed by atoms with van der Waals surface area (Å²) in [6.45, 7) is 0. The Kier molecular flexibility index (Phi) is 8.87. The van der Waals surface area contributed by atoms with Crippen LogP contribution in [0.2, 0.25) is 0 Å². The first-order valence-electron chi connectivity index (χ1n) is 21.8. The first-order chi connectivity index (χ1) is 31.3. The molecular formula is C60H42N2Si. The van der Waals surface area contributed by atoms with Gasteiger partial charge in [-0.2, -0.15) is 0 Å². The third kappa shape index (κ3) is 5.93. The maximum absolute atomic E-state index is 2.77. The van der Waals surface area contributed by atoms with E-state index in [2.05, 4.69) is 264 Å². The summed E-state index contributed by atoms with van der Waals surface area (Å²) in [6.07, 6.45) is 0. The number of fused-ring (bicyclic) bond motifs is 6. The highest BCUT2D eigenvalue weighted by Crippen LogP contribution is 2.41. The van der Waals surface area contributed by atoms with Gasteiger partial charge in [0.25, 0.3) is 0 Å². The molecule has 2 nitrogen and oxygen atoms in total. The Bertz CT molecular complexity index is 3500. The second-order valence-electron chi connectivity index (χ2n) is 16.5. The largest absolute Gasteiger partial charge is 0.309 e. The predicted octanol–water partition coefficient (Wildman–Crippen LogP) is 12.6. The Labute approximate surface area is 368 Å². The summed E-state index contributed by atoms with van der Waals surface area (Å²) in [5, 5.41) is 10.4. The molecule has 0 spiro atoms. The Hall–Kier alpha value is -7.98. The summed E-state index contributed by atoms with van der Waals surface area (Å²) >= 11 is 0. The molecule has 12 rings (SSSR count). The van der Waals surface area contributed by atoms with Crippen LogP contribution < -0.4 is 20.7 Å². The molecule has 0 aliphatic heterocycles. The third-order valence-electron chi connectivity index (χ3n) is 13.1. The van der Waals surface area contributed by atoms with E-state index in [0.29, 0.717) is 0 Å². The fraction of sp³-hybridized carbons (Fsp3) is 0. The van der Waals surface area contributed by atoms with Gasteiger partial charge >= 0.3 is 0 Å². The molecule has 0 saturated carbocycles. The van der Waals surface area contributed by atoms with E-state index in [1.165, 1.54) is 86.6 Å². The molecule has 12 aromatic rings. The molecule has 0 aliphatic rings. The van der Waals surface area contributed by atoms with Gasteiger partial charge in [0.2, 0.25) is 0 Å². The van der Waals surface area contributed by atoms with Crippen LogP contribution in [0.15, 0.2) is 255 Å². The molecule has 2 heterocycles. The van der Waals surface area contributed by atoms with Gasteiger partial charge < -0.3 is 9.13 Å². The number of benzene rings is 10. The van der Waals surface area contributed by atoms with Crippen molar-refractivity contribution in [1.82, 2.24) is 9.13 Å². The summed E-state index contributed by atoms with van der Waals surface area (Å²) in [5.74, 6) is 0. The van der Waals surface area contributed by atoms with Gasteiger partial charge in [-0.05, 0) is 92.0 Å². The molecule has 0 N–H and O–H groups in total. The minimum absolute atomic E-state index is 1.15. The van der Waals surface area contributed by atoms with Crippen molar-refractivity contribution in [1.29, 1.82) is 0 Å². The lowest BCUT2D eigenvalue weighted by atomic mass is 9.98. The summed E-state index contributed by atoms with van der Waals surface area (Å²) in [6, 6.07) is 94.2. The highest BCUT2D eigenvalue weighted by molar-refractivity contribution is 7.19. The molecule has 296 valence electrons. The molecule has 0 atom stereocenters. The maximum Gasteiger partial charge on any atom is 0.179 e. The van der Waals surface area contributed by atoms with Crippen molar-refractivity contribution in [3.05, 3.63) is 255 Å². The van der Waals surface area contributed by atoms with Gasteiger partial charge in [-0.25, -0.2) is 0 Å². The Morgan fingerprint density at radius 3 is 1.35 bits per heavy atom. The number of para-hydroxylation sites is 3. The average molecular weight is 819 g/mol. The highest BCUT2D eigenvalue weighted by atomic mass is 28.3. The fourth-order valence-corrected chi connectivity index (χ4v) is 15.1. The second-order valence-corrected chi connectivity index (χ2v) is 20.3. The van der Waals surface area contributed by atoms with Crippen LogP contribution in [-0.2, 0) is 0 Å². The molecule has 0 saturated heterocycles. The second kappa shape index (κ2) is 15.2. The molecule has 0 radical (unpaired) electrons. The van der Waals surface area contributed by atoms with Gasteiger partial charge in [-0.15, -0.1) is 0 Å². The van der Waals surface area contributed by atoms with Crippen molar-refractivity contribution in [2.24, 2.45) is 0 Å². The van der Waals surface area contributed by atoms with Crippen LogP contribution in [0.5, 0.6) is 0 Å². The molecule has 0 aliphatic carbocycles. The van der Waals surface area contributed by atoms with E-state index in [-0.39, 0.29) is 0 Å². The van der Waals surface area contributed by atoms with Crippen molar-refractivity contribution < 1.29 is 0 Å². The Balaban J connectivity index is 1.13. The first-order valence-corrected chi connectivity index (χ1v) is 23.8. The van der Waals surface area contributed by atoms with Crippen LogP contribution in [0.1, 0.15) is 0 Å². The normalized spacial score (nSPS) is 11.8. The van der Waals surface area contributed by atoms with Gasteiger partial charge in [0.1, 0.15) is 0 Å². The van der Waals surface area contributed by atoms with Gasteiger partial charge in [0, 0.05) is 38.5 Å². The lowest BCUT2D eigenvalue weighted by Gasteiger charge is -2.34. The molecule has 10 aromatic carbocycles. The van der Waals surface area contributed by atoms with Crippen molar-refractivity contribution in [2.75, 3.05) is 0 Å². The summed E-state index contributed by atoms with van der Waals surface area (Å²) < 4.78 is 4.93. The van der Waals surface area contributed by atoms with Crippen LogP contribution >= 0.6 is 0 Å². The lowest BCUT2D eigenvalue weighted by molar-refractivity contribution is 1.18. The minimum Gasteiger partial charge on any atom is -0.309 e. The number of hydrogen-bond donors (Lipinski definition) is 0. The van der Waals surface area contributed by atoms with Crippen LogP contribution in [0.3, 0.4) is 0 Å². The smallest absolute Gasteiger partial charge is 0.179 e. The molecular weight excluding hydrogens is 777 g/mol. The van der Waals surface area contributed by atoms with Crippen LogP contribution in [0.4, 0.5) is 0 Å². The van der Waals surface area contributed by atoms with Crippen LogP contribution in [-0.4, -0.2) is 17.2 Å². The van der Waals surface area contributed by atoms with E-state index < -0.39 is 8.07 Å². The molecule has 2 aromatic heterocycles. The summed E-state index contributed by atoms with van der Waals surface area (Å²) in [7, 11) is -2.77. The zero-order valence-corrected chi connectivity index (χ0v) is 35.6. The van der Waals surface area contributed by atoms with Crippen molar-refractivity contribution >= 4 is 72.4 Å². The van der Waals surface area contributed by atoms with Gasteiger partial charge in [-0.1, -0.05) is 200 Å². The molecule has 0 bridgehead atoms. The average Bonchev–Trinajstić information content (AvgIpc) is 3.88. The fourth-order valence-electron chi connectivity index (χ4n) is 10.3. The topological polar surface area (TPSA) is 9.86 Å². The summed E-state index contributed by atoms with van der Waals surface area (Å²) in [4.78, 5) is 0. The maximum atomic E-state index is 2.49. The number of aromatic nitrogens is 2. The molecule has 0 unspecified atom stereocenters. The van der Waals surface area contributed by atoms with Crippen molar-refractivity contribution in [3.8, 4) is 33.6 Å². The molecule has 63 heavy (non-hydrogen) atoms. The standard InChI is InChI=1S/C60H42N2Si/c1-6-20-43(21-7-1)44-36-38-58-55(40-44)56-41-45(52-33-19-34-54-53-32-16-17-35-57(53)62(60(52)54)46-22-8-2-9-23-46)37-39-59(56)61(58)47-24-18-31-51(42-47)63(48-25-10-3-11-26-48,49-27-12-4-13-28-49)50-29-14-5-15-30-50/h1-42H. The summed E-state index contributed by atoms with van der Waals surface area (Å²) in [5.41, 5.74) is 11.9. The molecule has 0 amide bonds. The minimum atomic E-state index is -2.77. The zero-order chi connectivity index (χ0) is 41.7. The third-order valence-corrected chi connectivity index (χ3v) is 17.8. The number of nitrogens with zero attached hydrogens (tertiary/aromatic N) is 2. The lowest BCUT2D eigenvalue weighted by Crippen LogP contribution is -2.74. The van der Waals surface area contributed by atoms with Gasteiger partial charge in [0.05, 0.1) is 22.1 Å². The Morgan fingerprint density at radius 1 is 0.254 bits per heavy atom. The molecule has 0 fully saturated rings. The predicted molar refractivity (Wildman–Crippen MR) is 270 cm³/mol. The van der Waals surface area contributed by atoms with Crippen LogP contribution in [0, 0.1) is 0 Å². The van der Waals surface area contributed by atoms with E-state index in [9.17, 15) is 0 Å². The van der Waals surface area contributed by atoms with E-state index in [0.717, 1.165) is 11.4 Å². The number of rotatable bonds is 8. The van der Waals surface area contributed by atoms with Gasteiger partial charge in [-0.3, -0.25) is 0 Å². The highest BCUT2D eigenvalue weighted by Gasteiger charge is 2.41. The van der Waals surface area contributed by atoms with E-state index >= 15 is 0 Å². The number of hydrogen-bond acceptors (Lipinski definition) is 0.